The molecule has 0 bridgehead atoms. The summed E-state index contributed by atoms with van der Waals surface area (Å²) in [5.74, 6) is -0.116. The lowest BCUT2D eigenvalue weighted by molar-refractivity contribution is -0.125. The number of ether oxygens (including phenoxy) is 1. The second-order valence-corrected chi connectivity index (χ2v) is 5.54. The summed E-state index contributed by atoms with van der Waals surface area (Å²) in [6.07, 6.45) is 1.69. The Balaban J connectivity index is 1.79. The number of benzene rings is 1. The molecule has 2 unspecified atom stereocenters. The molecule has 1 saturated heterocycles. The number of nitrogens with two attached hydrogens (primary N) is 1. The molecule has 0 aliphatic carbocycles. The fraction of sp³-hybridized carbons (Fsp3) is 0.333. The van der Waals surface area contributed by atoms with Crippen LogP contribution < -0.4 is 11.1 Å². The van der Waals surface area contributed by atoms with Crippen molar-refractivity contribution in [3.8, 4) is 11.3 Å². The van der Waals surface area contributed by atoms with Crippen molar-refractivity contribution in [2.45, 2.75) is 13.0 Å². The third kappa shape index (κ3) is 2.55. The van der Waals surface area contributed by atoms with Crippen LogP contribution in [-0.2, 0) is 9.53 Å². The van der Waals surface area contributed by atoms with Crippen molar-refractivity contribution >= 4 is 11.6 Å². The van der Waals surface area contributed by atoms with Gasteiger partial charge < -0.3 is 15.8 Å². The van der Waals surface area contributed by atoms with E-state index in [0.29, 0.717) is 13.2 Å². The highest BCUT2D eigenvalue weighted by Crippen LogP contribution is 2.29. The molecule has 1 amide bonds. The maximum atomic E-state index is 12.5. The molecule has 2 heterocycles. The van der Waals surface area contributed by atoms with Crippen molar-refractivity contribution in [2.24, 2.45) is 11.1 Å². The molecule has 3 rings (SSSR count). The van der Waals surface area contributed by atoms with E-state index in [0.717, 1.165) is 16.9 Å². The molecule has 1 aliphatic heterocycles. The van der Waals surface area contributed by atoms with Gasteiger partial charge in [-0.1, -0.05) is 12.1 Å². The highest BCUT2D eigenvalue weighted by molar-refractivity contribution is 5.96. The van der Waals surface area contributed by atoms with Crippen LogP contribution in [0.2, 0.25) is 0 Å². The maximum Gasteiger partial charge on any atom is 0.234 e. The SMILES string of the molecule is CC1(C(=O)Nc2cccc(-c3ccn[nH]3)c2)COCC1N. The van der Waals surface area contributed by atoms with Crippen LogP contribution in [0.1, 0.15) is 6.92 Å². The van der Waals surface area contributed by atoms with Crippen molar-refractivity contribution in [2.75, 3.05) is 18.5 Å². The Labute approximate surface area is 122 Å². The van der Waals surface area contributed by atoms with Crippen LogP contribution in [0.3, 0.4) is 0 Å². The topological polar surface area (TPSA) is 93.0 Å². The smallest absolute Gasteiger partial charge is 0.234 e. The molecule has 2 atom stereocenters. The molecular formula is C15H18N4O2. The monoisotopic (exact) mass is 286 g/mol. The molecule has 110 valence electrons. The number of nitrogens with zero attached hydrogens (tertiary/aromatic N) is 1. The van der Waals surface area contributed by atoms with E-state index in [4.69, 9.17) is 10.5 Å². The fourth-order valence-corrected chi connectivity index (χ4v) is 2.38. The molecule has 0 spiro atoms. The number of H-pyrrole nitrogens is 1. The van der Waals surface area contributed by atoms with Crippen LogP contribution in [0.4, 0.5) is 5.69 Å². The van der Waals surface area contributed by atoms with Crippen molar-refractivity contribution in [3.63, 3.8) is 0 Å². The minimum atomic E-state index is -0.690. The number of aromatic amines is 1. The minimum absolute atomic E-state index is 0.116. The predicted octanol–water partition coefficient (Wildman–Crippen LogP) is 1.38. The zero-order valence-corrected chi connectivity index (χ0v) is 11.8. The quantitative estimate of drug-likeness (QED) is 0.794. The Morgan fingerprint density at radius 3 is 3.05 bits per heavy atom. The molecule has 2 aromatic rings. The summed E-state index contributed by atoms with van der Waals surface area (Å²) >= 11 is 0. The van der Waals surface area contributed by atoms with Gasteiger partial charge in [-0.05, 0) is 25.1 Å². The molecule has 6 heteroatoms. The van der Waals surface area contributed by atoms with Crippen LogP contribution in [0.25, 0.3) is 11.3 Å². The third-order valence-corrected chi connectivity index (χ3v) is 3.97. The fourth-order valence-electron chi connectivity index (χ4n) is 2.38. The molecule has 0 saturated carbocycles. The van der Waals surface area contributed by atoms with Gasteiger partial charge in [-0.15, -0.1) is 0 Å². The van der Waals surface area contributed by atoms with Gasteiger partial charge in [-0.3, -0.25) is 9.89 Å². The van der Waals surface area contributed by atoms with E-state index >= 15 is 0 Å². The van der Waals surface area contributed by atoms with Crippen LogP contribution in [0.5, 0.6) is 0 Å². The van der Waals surface area contributed by atoms with Gasteiger partial charge in [0, 0.05) is 23.5 Å². The number of amides is 1. The van der Waals surface area contributed by atoms with Gasteiger partial charge in [0.05, 0.1) is 24.3 Å². The van der Waals surface area contributed by atoms with Gasteiger partial charge in [0.15, 0.2) is 0 Å². The third-order valence-electron chi connectivity index (χ3n) is 3.97. The molecule has 21 heavy (non-hydrogen) atoms. The van der Waals surface area contributed by atoms with Gasteiger partial charge in [0.1, 0.15) is 0 Å². The van der Waals surface area contributed by atoms with Crippen molar-refractivity contribution in [1.82, 2.24) is 10.2 Å². The summed E-state index contributed by atoms with van der Waals surface area (Å²) in [7, 11) is 0. The summed E-state index contributed by atoms with van der Waals surface area (Å²) in [5, 5.41) is 9.75. The Bertz CT molecular complexity index is 641. The predicted molar refractivity (Wildman–Crippen MR) is 79.6 cm³/mol. The molecule has 1 aromatic heterocycles. The van der Waals surface area contributed by atoms with E-state index in [9.17, 15) is 4.79 Å². The van der Waals surface area contributed by atoms with Gasteiger partial charge in [-0.2, -0.15) is 5.10 Å². The van der Waals surface area contributed by atoms with Gasteiger partial charge >= 0.3 is 0 Å². The van der Waals surface area contributed by atoms with Gasteiger partial charge in [0.25, 0.3) is 0 Å². The van der Waals surface area contributed by atoms with Crippen molar-refractivity contribution < 1.29 is 9.53 Å². The molecule has 1 fully saturated rings. The first-order chi connectivity index (χ1) is 10.1. The van der Waals surface area contributed by atoms with E-state index in [1.165, 1.54) is 0 Å². The number of aromatic nitrogens is 2. The van der Waals surface area contributed by atoms with E-state index in [-0.39, 0.29) is 11.9 Å². The first kappa shape index (κ1) is 13.8. The summed E-state index contributed by atoms with van der Waals surface area (Å²) < 4.78 is 5.31. The number of carbonyl (C=O) groups is 1. The lowest BCUT2D eigenvalue weighted by Crippen LogP contribution is -2.47. The highest BCUT2D eigenvalue weighted by atomic mass is 16.5. The first-order valence-electron chi connectivity index (χ1n) is 6.84. The average molecular weight is 286 g/mol. The maximum absolute atomic E-state index is 12.5. The van der Waals surface area contributed by atoms with Crippen LogP contribution in [0, 0.1) is 5.41 Å². The lowest BCUT2D eigenvalue weighted by atomic mass is 9.85. The van der Waals surface area contributed by atoms with Crippen LogP contribution in [-0.4, -0.2) is 35.4 Å². The molecule has 4 N–H and O–H groups in total. The lowest BCUT2D eigenvalue weighted by Gasteiger charge is -2.25. The molecular weight excluding hydrogens is 268 g/mol. The Hall–Kier alpha value is -2.18. The Kier molecular flexibility index (Phi) is 3.48. The Morgan fingerprint density at radius 2 is 2.38 bits per heavy atom. The molecule has 1 aliphatic rings. The van der Waals surface area contributed by atoms with Crippen LogP contribution in [0.15, 0.2) is 36.5 Å². The van der Waals surface area contributed by atoms with Gasteiger partial charge in [-0.25, -0.2) is 0 Å². The van der Waals surface area contributed by atoms with E-state index in [2.05, 4.69) is 15.5 Å². The van der Waals surface area contributed by atoms with Crippen LogP contribution >= 0.6 is 0 Å². The zero-order chi connectivity index (χ0) is 14.9. The average Bonchev–Trinajstić information content (AvgIpc) is 3.11. The first-order valence-corrected chi connectivity index (χ1v) is 6.84. The molecule has 6 nitrogen and oxygen atoms in total. The highest BCUT2D eigenvalue weighted by Gasteiger charge is 2.44. The number of nitrogens with one attached hydrogen (secondary N) is 2. The second kappa shape index (κ2) is 5.31. The number of carbonyl (C=O) groups excluding carboxylic acids is 1. The zero-order valence-electron chi connectivity index (χ0n) is 11.8. The van der Waals surface area contributed by atoms with E-state index < -0.39 is 5.41 Å². The molecule has 1 aromatic carbocycles. The standard InChI is InChI=1S/C15H18N4O2/c1-15(9-21-8-13(15)16)14(20)18-11-4-2-3-10(7-11)12-5-6-17-19-12/h2-7,13H,8-9,16H2,1H3,(H,17,19)(H,18,20). The Morgan fingerprint density at radius 1 is 1.52 bits per heavy atom. The minimum Gasteiger partial charge on any atom is -0.379 e. The van der Waals surface area contributed by atoms with Gasteiger partial charge in [0.2, 0.25) is 5.91 Å². The number of hydrogen-bond acceptors (Lipinski definition) is 4. The van der Waals surface area contributed by atoms with E-state index in [1.807, 2.05) is 37.3 Å². The number of rotatable bonds is 3. The largest absolute Gasteiger partial charge is 0.379 e. The number of anilines is 1. The van der Waals surface area contributed by atoms with E-state index in [1.54, 1.807) is 6.20 Å². The second-order valence-electron chi connectivity index (χ2n) is 5.54. The normalized spacial score (nSPS) is 25.0. The summed E-state index contributed by atoms with van der Waals surface area (Å²) in [5.41, 5.74) is 7.88. The van der Waals surface area contributed by atoms with Crippen molar-refractivity contribution in [3.05, 3.63) is 36.5 Å². The van der Waals surface area contributed by atoms with Crippen molar-refractivity contribution in [1.29, 1.82) is 0 Å². The number of hydrogen-bond donors (Lipinski definition) is 3. The summed E-state index contributed by atoms with van der Waals surface area (Å²) in [6, 6.07) is 9.18. The summed E-state index contributed by atoms with van der Waals surface area (Å²) in [4.78, 5) is 12.5. The summed E-state index contributed by atoms with van der Waals surface area (Å²) in [6.45, 7) is 2.59. The molecule has 0 radical (unpaired) electrons.